The molecule has 4 nitrogen and oxygen atoms in total. The number of hydrogen-bond acceptors (Lipinski definition) is 4. The van der Waals surface area contributed by atoms with Gasteiger partial charge in [-0.1, -0.05) is 22.0 Å². The van der Waals surface area contributed by atoms with Crippen molar-refractivity contribution in [3.8, 4) is 12.1 Å². The van der Waals surface area contributed by atoms with Crippen LogP contribution in [0.2, 0.25) is 0 Å². The lowest BCUT2D eigenvalue weighted by Crippen LogP contribution is -2.15. The lowest BCUT2D eigenvalue weighted by atomic mass is 9.96. The highest BCUT2D eigenvalue weighted by Gasteiger charge is 2.24. The molecule has 0 spiro atoms. The standard InChI is InChI=1S/C12H9BrN2O2/c1-2-17-12(16)11(7-15)10-4-3-9(13)5-8(10)6-14/h3-5,11H,2H2,1H3. The molecule has 0 aliphatic carbocycles. The Morgan fingerprint density at radius 3 is 2.76 bits per heavy atom. The molecule has 0 heterocycles. The molecule has 1 aromatic carbocycles. The molecule has 0 aliphatic rings. The molecule has 1 unspecified atom stereocenters. The summed E-state index contributed by atoms with van der Waals surface area (Å²) in [6.45, 7) is 1.87. The fourth-order valence-corrected chi connectivity index (χ4v) is 1.71. The second kappa shape index (κ2) is 6.03. The van der Waals surface area contributed by atoms with E-state index in [-0.39, 0.29) is 6.61 Å². The molecule has 0 saturated heterocycles. The van der Waals surface area contributed by atoms with Crippen LogP contribution in [-0.4, -0.2) is 12.6 Å². The van der Waals surface area contributed by atoms with Gasteiger partial charge in [-0.05, 0) is 24.6 Å². The second-order valence-corrected chi connectivity index (χ2v) is 4.07. The lowest BCUT2D eigenvalue weighted by molar-refractivity contribution is -0.143. The number of esters is 1. The van der Waals surface area contributed by atoms with E-state index >= 15 is 0 Å². The minimum atomic E-state index is -1.06. The van der Waals surface area contributed by atoms with E-state index in [1.807, 2.05) is 12.1 Å². The van der Waals surface area contributed by atoms with Gasteiger partial charge in [-0.3, -0.25) is 4.79 Å². The molecular formula is C12H9BrN2O2. The Balaban J connectivity index is 3.18. The van der Waals surface area contributed by atoms with E-state index in [1.54, 1.807) is 25.1 Å². The Kier molecular flexibility index (Phi) is 4.68. The fraction of sp³-hybridized carbons (Fsp3) is 0.250. The predicted octanol–water partition coefficient (Wildman–Crippen LogP) is 2.49. The number of hydrogen-bond donors (Lipinski definition) is 0. The first-order valence-corrected chi connectivity index (χ1v) is 5.69. The number of carbonyl (C=O) groups excluding carboxylic acids is 1. The number of halogens is 1. The zero-order valence-electron chi connectivity index (χ0n) is 9.11. The topological polar surface area (TPSA) is 73.9 Å². The average molecular weight is 293 g/mol. The van der Waals surface area contributed by atoms with E-state index < -0.39 is 11.9 Å². The molecule has 0 fully saturated rings. The number of nitriles is 2. The van der Waals surface area contributed by atoms with Crippen molar-refractivity contribution in [1.29, 1.82) is 10.5 Å². The minimum Gasteiger partial charge on any atom is -0.465 e. The third-order valence-electron chi connectivity index (χ3n) is 2.10. The van der Waals surface area contributed by atoms with Gasteiger partial charge in [0.25, 0.3) is 0 Å². The van der Waals surface area contributed by atoms with Crippen LogP contribution in [0, 0.1) is 22.7 Å². The van der Waals surface area contributed by atoms with Crippen molar-refractivity contribution < 1.29 is 9.53 Å². The summed E-state index contributed by atoms with van der Waals surface area (Å²) in [6, 6.07) is 8.64. The smallest absolute Gasteiger partial charge is 0.327 e. The van der Waals surface area contributed by atoms with E-state index in [0.717, 1.165) is 4.47 Å². The molecular weight excluding hydrogens is 284 g/mol. The third-order valence-corrected chi connectivity index (χ3v) is 2.59. The lowest BCUT2D eigenvalue weighted by Gasteiger charge is -2.10. The highest BCUT2D eigenvalue weighted by molar-refractivity contribution is 9.10. The molecule has 1 atom stereocenters. The highest BCUT2D eigenvalue weighted by atomic mass is 79.9. The van der Waals surface area contributed by atoms with Gasteiger partial charge >= 0.3 is 5.97 Å². The Morgan fingerprint density at radius 2 is 2.24 bits per heavy atom. The minimum absolute atomic E-state index is 0.204. The molecule has 0 aliphatic heterocycles. The summed E-state index contributed by atoms with van der Waals surface area (Å²) in [5, 5.41) is 18.0. The number of nitrogens with zero attached hydrogens (tertiary/aromatic N) is 2. The summed E-state index contributed by atoms with van der Waals surface area (Å²) >= 11 is 3.23. The van der Waals surface area contributed by atoms with E-state index in [1.165, 1.54) is 0 Å². The molecule has 86 valence electrons. The van der Waals surface area contributed by atoms with Gasteiger partial charge in [-0.25, -0.2) is 0 Å². The van der Waals surface area contributed by atoms with Crippen molar-refractivity contribution in [2.45, 2.75) is 12.8 Å². The van der Waals surface area contributed by atoms with Gasteiger partial charge in [-0.15, -0.1) is 0 Å². The van der Waals surface area contributed by atoms with Gasteiger partial charge in [0, 0.05) is 4.47 Å². The first kappa shape index (κ1) is 13.2. The summed E-state index contributed by atoms with van der Waals surface area (Å²) in [7, 11) is 0. The predicted molar refractivity (Wildman–Crippen MR) is 63.8 cm³/mol. The second-order valence-electron chi connectivity index (χ2n) is 3.16. The number of benzene rings is 1. The number of ether oxygens (including phenoxy) is 1. The maximum Gasteiger partial charge on any atom is 0.327 e. The Morgan fingerprint density at radius 1 is 1.53 bits per heavy atom. The molecule has 1 aromatic rings. The van der Waals surface area contributed by atoms with Gasteiger partial charge in [0.05, 0.1) is 24.3 Å². The SMILES string of the molecule is CCOC(=O)C(C#N)c1ccc(Br)cc1C#N. The monoisotopic (exact) mass is 292 g/mol. The normalized spacial score (nSPS) is 11.1. The van der Waals surface area contributed by atoms with Gasteiger partial charge in [-0.2, -0.15) is 10.5 Å². The zero-order chi connectivity index (χ0) is 12.8. The van der Waals surface area contributed by atoms with Crippen molar-refractivity contribution in [1.82, 2.24) is 0 Å². The molecule has 0 amide bonds. The van der Waals surface area contributed by atoms with E-state index in [0.29, 0.717) is 11.1 Å². The number of rotatable bonds is 3. The van der Waals surface area contributed by atoms with Gasteiger partial charge in [0.15, 0.2) is 5.92 Å². The van der Waals surface area contributed by atoms with Crippen molar-refractivity contribution in [2.75, 3.05) is 6.61 Å². The van der Waals surface area contributed by atoms with E-state index in [4.69, 9.17) is 15.3 Å². The van der Waals surface area contributed by atoms with E-state index in [9.17, 15) is 4.79 Å². The highest BCUT2D eigenvalue weighted by Crippen LogP contribution is 2.24. The first-order valence-electron chi connectivity index (χ1n) is 4.89. The van der Waals surface area contributed by atoms with Crippen molar-refractivity contribution in [3.05, 3.63) is 33.8 Å². The summed E-state index contributed by atoms with van der Waals surface area (Å²) in [4.78, 5) is 11.6. The Bertz CT molecular complexity index is 514. The average Bonchev–Trinajstić information content (AvgIpc) is 2.32. The Hall–Kier alpha value is -1.85. The molecule has 0 radical (unpaired) electrons. The van der Waals surface area contributed by atoms with Crippen LogP contribution >= 0.6 is 15.9 Å². The number of carbonyl (C=O) groups is 1. The summed E-state index contributed by atoms with van der Waals surface area (Å²) < 4.78 is 5.52. The van der Waals surface area contributed by atoms with Crippen LogP contribution in [0.1, 0.15) is 24.0 Å². The van der Waals surface area contributed by atoms with Crippen molar-refractivity contribution in [2.24, 2.45) is 0 Å². The quantitative estimate of drug-likeness (QED) is 0.802. The van der Waals surface area contributed by atoms with Crippen LogP contribution in [0.5, 0.6) is 0 Å². The van der Waals surface area contributed by atoms with Crippen molar-refractivity contribution in [3.63, 3.8) is 0 Å². The van der Waals surface area contributed by atoms with Crippen LogP contribution in [0.15, 0.2) is 22.7 Å². The molecule has 0 N–H and O–H groups in total. The van der Waals surface area contributed by atoms with Gasteiger partial charge in [0.1, 0.15) is 0 Å². The summed E-state index contributed by atoms with van der Waals surface area (Å²) in [5.74, 6) is -1.69. The third kappa shape index (κ3) is 3.05. The van der Waals surface area contributed by atoms with Gasteiger partial charge in [0.2, 0.25) is 0 Å². The maximum atomic E-state index is 11.6. The first-order chi connectivity index (χ1) is 8.13. The van der Waals surface area contributed by atoms with Crippen LogP contribution in [-0.2, 0) is 9.53 Å². The molecule has 0 saturated carbocycles. The summed E-state index contributed by atoms with van der Waals surface area (Å²) in [5.41, 5.74) is 0.663. The molecule has 5 heteroatoms. The molecule has 1 rings (SSSR count). The maximum absolute atomic E-state index is 11.6. The van der Waals surface area contributed by atoms with Gasteiger partial charge < -0.3 is 4.74 Å². The van der Waals surface area contributed by atoms with Crippen LogP contribution in [0.25, 0.3) is 0 Å². The molecule has 17 heavy (non-hydrogen) atoms. The van der Waals surface area contributed by atoms with Crippen LogP contribution in [0.3, 0.4) is 0 Å². The fourth-order valence-electron chi connectivity index (χ4n) is 1.35. The van der Waals surface area contributed by atoms with Crippen molar-refractivity contribution >= 4 is 21.9 Å². The Labute approximate surface area is 108 Å². The molecule has 0 aromatic heterocycles. The van der Waals surface area contributed by atoms with Crippen LogP contribution < -0.4 is 0 Å². The molecule has 0 bridgehead atoms. The largest absolute Gasteiger partial charge is 0.465 e. The summed E-state index contributed by atoms with van der Waals surface area (Å²) in [6.07, 6.45) is 0. The van der Waals surface area contributed by atoms with E-state index in [2.05, 4.69) is 15.9 Å². The van der Waals surface area contributed by atoms with Crippen LogP contribution in [0.4, 0.5) is 0 Å². The zero-order valence-corrected chi connectivity index (χ0v) is 10.7.